The number of amides is 2. The number of benzene rings is 2. The predicted molar refractivity (Wildman–Crippen MR) is 247 cm³/mol. The second kappa shape index (κ2) is 18.8. The van der Waals surface area contributed by atoms with Crippen LogP contribution in [0.4, 0.5) is 27.5 Å². The number of anilines is 4. The number of rotatable bonds is 14. The average molecular weight is 894 g/mol. The summed E-state index contributed by atoms with van der Waals surface area (Å²) in [6.45, 7) is 13.1. The molecule has 3 fully saturated rings. The van der Waals surface area contributed by atoms with Gasteiger partial charge in [-0.05, 0) is 118 Å². The van der Waals surface area contributed by atoms with E-state index in [1.54, 1.807) is 37.5 Å². The van der Waals surface area contributed by atoms with Gasteiger partial charge in [0, 0.05) is 48.6 Å². The fourth-order valence-electron chi connectivity index (χ4n) is 8.72. The van der Waals surface area contributed by atoms with Gasteiger partial charge in [0.15, 0.2) is 5.82 Å². The summed E-state index contributed by atoms with van der Waals surface area (Å²) in [5, 5.41) is 6.59. The van der Waals surface area contributed by atoms with Gasteiger partial charge in [-0.25, -0.2) is 32.7 Å². The SMILES string of the molecule is CCCS(=O)(=O)Nc1cccc(-c2nc(C(C)(C)C)sc2-c2ccnc(Nc3ccc(C4CCN(CC[C@H]5CCN(c6ccc(C7CCC(=O)NC7=O)cn6)C5)CC4)cc3)n2)c1F. The predicted octanol–water partition coefficient (Wildman–Crippen LogP) is 8.61. The van der Waals surface area contributed by atoms with Crippen molar-refractivity contribution in [2.24, 2.45) is 5.92 Å². The van der Waals surface area contributed by atoms with E-state index in [1.807, 2.05) is 32.9 Å². The second-order valence-corrected chi connectivity index (χ2v) is 20.8. The van der Waals surface area contributed by atoms with E-state index in [9.17, 15) is 18.0 Å². The molecule has 63 heavy (non-hydrogen) atoms. The van der Waals surface area contributed by atoms with E-state index < -0.39 is 15.8 Å². The van der Waals surface area contributed by atoms with Crippen molar-refractivity contribution in [3.8, 4) is 21.8 Å². The third-order valence-corrected chi connectivity index (χ3v) is 15.2. The molecule has 8 rings (SSSR count). The Morgan fingerprint density at radius 3 is 2.41 bits per heavy atom. The van der Waals surface area contributed by atoms with Crippen LogP contribution in [-0.2, 0) is 25.0 Å². The summed E-state index contributed by atoms with van der Waals surface area (Å²) in [5.41, 5.74) is 3.78. The van der Waals surface area contributed by atoms with E-state index in [2.05, 4.69) is 54.4 Å². The minimum atomic E-state index is -3.70. The summed E-state index contributed by atoms with van der Waals surface area (Å²) in [5.74, 6) is 0.921. The van der Waals surface area contributed by atoms with Gasteiger partial charge in [-0.3, -0.25) is 19.6 Å². The fourth-order valence-corrected chi connectivity index (χ4v) is 11.0. The summed E-state index contributed by atoms with van der Waals surface area (Å²) in [4.78, 5) is 48.4. The van der Waals surface area contributed by atoms with Crippen LogP contribution in [0.2, 0.25) is 0 Å². The molecule has 3 aliphatic heterocycles. The maximum Gasteiger partial charge on any atom is 0.234 e. The third-order valence-electron chi connectivity index (χ3n) is 12.3. The van der Waals surface area contributed by atoms with Crippen molar-refractivity contribution in [2.45, 2.75) is 89.9 Å². The Morgan fingerprint density at radius 2 is 1.70 bits per heavy atom. The first-order valence-electron chi connectivity index (χ1n) is 22.0. The summed E-state index contributed by atoms with van der Waals surface area (Å²) >= 11 is 1.44. The van der Waals surface area contributed by atoms with Gasteiger partial charge in [0.1, 0.15) is 5.82 Å². The molecule has 0 spiro atoms. The van der Waals surface area contributed by atoms with Crippen molar-refractivity contribution in [3.63, 3.8) is 0 Å². The van der Waals surface area contributed by atoms with E-state index in [1.165, 1.54) is 23.0 Å². The first-order valence-corrected chi connectivity index (χ1v) is 24.5. The smallest absolute Gasteiger partial charge is 0.234 e. The maximum absolute atomic E-state index is 16.1. The topological polar surface area (TPSA) is 162 Å². The van der Waals surface area contributed by atoms with Gasteiger partial charge in [0.25, 0.3) is 0 Å². The maximum atomic E-state index is 16.1. The second-order valence-electron chi connectivity index (χ2n) is 18.0. The van der Waals surface area contributed by atoms with Crippen LogP contribution in [0.15, 0.2) is 73.1 Å². The number of nitrogens with zero attached hydrogens (tertiary/aromatic N) is 6. The van der Waals surface area contributed by atoms with E-state index >= 15 is 4.39 Å². The van der Waals surface area contributed by atoms with Gasteiger partial charge >= 0.3 is 0 Å². The number of carbonyl (C=O) groups excluding carboxylic acids is 2. The first-order chi connectivity index (χ1) is 30.2. The number of thiazole rings is 1. The largest absolute Gasteiger partial charge is 0.356 e. The van der Waals surface area contributed by atoms with Crippen LogP contribution >= 0.6 is 11.3 Å². The van der Waals surface area contributed by atoms with Crippen LogP contribution in [0.3, 0.4) is 0 Å². The van der Waals surface area contributed by atoms with Crippen molar-refractivity contribution in [3.05, 3.63) is 95.0 Å². The molecule has 0 saturated carbocycles. The van der Waals surface area contributed by atoms with Gasteiger partial charge in [0.05, 0.1) is 38.6 Å². The Kier molecular flexibility index (Phi) is 13.2. The molecule has 2 atom stereocenters. The van der Waals surface area contributed by atoms with Crippen molar-refractivity contribution in [2.75, 3.05) is 53.4 Å². The average Bonchev–Trinajstić information content (AvgIpc) is 3.93. The molecule has 0 aliphatic carbocycles. The molecule has 5 aromatic rings. The number of carbonyl (C=O) groups is 2. The third kappa shape index (κ3) is 10.6. The van der Waals surface area contributed by atoms with Crippen LogP contribution in [-0.4, -0.2) is 83.5 Å². The van der Waals surface area contributed by atoms with Gasteiger partial charge in [-0.15, -0.1) is 11.3 Å². The van der Waals surface area contributed by atoms with Crippen molar-refractivity contribution >= 4 is 56.3 Å². The minimum absolute atomic E-state index is 0.108. The Balaban J connectivity index is 0.848. The molecule has 3 aliphatic rings. The lowest BCUT2D eigenvalue weighted by Gasteiger charge is -2.32. The van der Waals surface area contributed by atoms with E-state index in [4.69, 9.17) is 15.0 Å². The van der Waals surface area contributed by atoms with Crippen molar-refractivity contribution in [1.29, 1.82) is 0 Å². The van der Waals surface area contributed by atoms with Crippen LogP contribution in [0.1, 0.15) is 101 Å². The number of sulfonamides is 1. The Morgan fingerprint density at radius 1 is 0.921 bits per heavy atom. The molecular formula is C47H56FN9O4S2. The van der Waals surface area contributed by atoms with Crippen LogP contribution < -0.4 is 20.3 Å². The van der Waals surface area contributed by atoms with Crippen molar-refractivity contribution in [1.82, 2.24) is 30.2 Å². The zero-order chi connectivity index (χ0) is 44.3. The summed E-state index contributed by atoms with van der Waals surface area (Å²) in [6.07, 6.45) is 9.30. The number of hydrogen-bond donors (Lipinski definition) is 3. The van der Waals surface area contributed by atoms with Crippen LogP contribution in [0.5, 0.6) is 0 Å². The summed E-state index contributed by atoms with van der Waals surface area (Å²) < 4.78 is 43.6. The molecule has 0 radical (unpaired) electrons. The van der Waals surface area contributed by atoms with Gasteiger partial charge < -0.3 is 15.1 Å². The number of imide groups is 1. The lowest BCUT2D eigenvalue weighted by Crippen LogP contribution is -2.39. The number of piperidine rings is 2. The number of hydrogen-bond acceptors (Lipinski definition) is 12. The highest BCUT2D eigenvalue weighted by molar-refractivity contribution is 7.92. The molecule has 2 amide bonds. The molecule has 332 valence electrons. The molecule has 3 aromatic heterocycles. The highest BCUT2D eigenvalue weighted by atomic mass is 32.2. The molecule has 13 nitrogen and oxygen atoms in total. The number of aromatic nitrogens is 4. The van der Waals surface area contributed by atoms with Crippen LogP contribution in [0.25, 0.3) is 21.8 Å². The van der Waals surface area contributed by atoms with E-state index in [-0.39, 0.29) is 40.2 Å². The molecular weight excluding hydrogens is 838 g/mol. The lowest BCUT2D eigenvalue weighted by atomic mass is 9.89. The van der Waals surface area contributed by atoms with Gasteiger partial charge in [-0.1, -0.05) is 52.0 Å². The molecule has 2 aromatic carbocycles. The minimum Gasteiger partial charge on any atom is -0.356 e. The first kappa shape index (κ1) is 44.3. The Labute approximate surface area is 373 Å². The zero-order valence-corrected chi connectivity index (χ0v) is 38.0. The van der Waals surface area contributed by atoms with Crippen LogP contribution in [0, 0.1) is 11.7 Å². The fraction of sp³-hybridized carbons (Fsp3) is 0.447. The van der Waals surface area contributed by atoms with Crippen molar-refractivity contribution < 1.29 is 22.4 Å². The summed E-state index contributed by atoms with van der Waals surface area (Å²) in [6, 6.07) is 19.0. The Bertz CT molecular complexity index is 2540. The molecule has 3 saturated heterocycles. The molecule has 0 bridgehead atoms. The number of likely N-dealkylation sites (tertiary alicyclic amines) is 1. The molecule has 16 heteroatoms. The highest BCUT2D eigenvalue weighted by Crippen LogP contribution is 2.42. The highest BCUT2D eigenvalue weighted by Gasteiger charge is 2.30. The number of nitrogens with one attached hydrogen (secondary N) is 3. The number of halogens is 1. The monoisotopic (exact) mass is 893 g/mol. The molecule has 1 unspecified atom stereocenters. The lowest BCUT2D eigenvalue weighted by molar-refractivity contribution is -0.134. The Hall–Kier alpha value is -5.32. The quantitative estimate of drug-likeness (QED) is 0.0916. The molecule has 6 heterocycles. The van der Waals surface area contributed by atoms with Gasteiger partial charge in [-0.2, -0.15) is 0 Å². The summed E-state index contributed by atoms with van der Waals surface area (Å²) in [7, 11) is -3.70. The van der Waals surface area contributed by atoms with E-state index in [0.29, 0.717) is 53.3 Å². The standard InChI is InChI=1S/C47H56FN9O4S2/c1-5-27-63(60,61)55-37-8-6-7-36(41(37)48)42-43(62-45(54-42)47(2,3)4)38-17-22-49-46(52-38)51-34-12-9-31(10-13-34)32-20-24-56(25-21-32)23-18-30-19-26-57(29-30)39-15-11-33(28-50-39)35-14-16-40(58)53-44(35)59/h6-13,15,17,22,28,30,32,35,55H,5,14,16,18-21,23-27,29H2,1-4H3,(H,49,51,52)(H,53,58,59)/t30-,35?/m0/s1. The normalized spacial score (nSPS) is 19.0. The molecule has 3 N–H and O–H groups in total. The number of pyridine rings is 1. The zero-order valence-electron chi connectivity index (χ0n) is 36.4. The van der Waals surface area contributed by atoms with Gasteiger partial charge in [0.2, 0.25) is 27.8 Å². The van der Waals surface area contributed by atoms with E-state index in [0.717, 1.165) is 80.5 Å².